The molecular formula is C21H21F2N3O3. The Morgan fingerprint density at radius 2 is 1.66 bits per heavy atom. The van der Waals surface area contributed by atoms with Crippen LogP contribution in [-0.2, 0) is 6.42 Å². The fourth-order valence-electron chi connectivity index (χ4n) is 2.71. The summed E-state index contributed by atoms with van der Waals surface area (Å²) < 4.78 is 42.8. The number of rotatable bonds is 8. The summed E-state index contributed by atoms with van der Waals surface area (Å²) in [7, 11) is 5.07. The average molecular weight is 401 g/mol. The van der Waals surface area contributed by atoms with Crippen molar-refractivity contribution in [2.75, 3.05) is 32.7 Å². The second-order valence-electron chi connectivity index (χ2n) is 6.25. The first-order valence-corrected chi connectivity index (χ1v) is 8.87. The second-order valence-corrected chi connectivity index (χ2v) is 6.25. The molecule has 0 aliphatic heterocycles. The summed E-state index contributed by atoms with van der Waals surface area (Å²) in [5.41, 5.74) is 1.08. The van der Waals surface area contributed by atoms with Crippen molar-refractivity contribution in [1.29, 1.82) is 0 Å². The molecule has 3 aromatic rings. The van der Waals surface area contributed by atoms with Crippen molar-refractivity contribution in [3.8, 4) is 23.1 Å². The van der Waals surface area contributed by atoms with Gasteiger partial charge in [0.05, 0.1) is 14.2 Å². The summed E-state index contributed by atoms with van der Waals surface area (Å²) in [4.78, 5) is 10.1. The van der Waals surface area contributed by atoms with Crippen molar-refractivity contribution in [2.45, 2.75) is 6.42 Å². The van der Waals surface area contributed by atoms with Crippen LogP contribution in [0.2, 0.25) is 0 Å². The fraction of sp³-hybridized carbons (Fsp3) is 0.238. The van der Waals surface area contributed by atoms with E-state index in [9.17, 15) is 8.78 Å². The first kappa shape index (κ1) is 20.3. The van der Waals surface area contributed by atoms with E-state index in [1.54, 1.807) is 20.3 Å². The number of hydrogen-bond acceptors (Lipinski definition) is 6. The van der Waals surface area contributed by atoms with Crippen molar-refractivity contribution in [2.24, 2.45) is 0 Å². The van der Waals surface area contributed by atoms with E-state index < -0.39 is 11.6 Å². The molecule has 0 radical (unpaired) electrons. The Bertz CT molecular complexity index is 985. The molecule has 0 atom stereocenters. The third-order valence-corrected chi connectivity index (χ3v) is 4.31. The van der Waals surface area contributed by atoms with E-state index in [2.05, 4.69) is 9.97 Å². The molecule has 0 bridgehead atoms. The molecule has 1 heterocycles. The van der Waals surface area contributed by atoms with Gasteiger partial charge in [-0.15, -0.1) is 0 Å². The Hall–Kier alpha value is -3.42. The molecule has 29 heavy (non-hydrogen) atoms. The van der Waals surface area contributed by atoms with Crippen LogP contribution in [0.25, 0.3) is 0 Å². The summed E-state index contributed by atoms with van der Waals surface area (Å²) in [6.07, 6.45) is 2.07. The monoisotopic (exact) mass is 401 g/mol. The molecule has 8 heteroatoms. The number of aromatic nitrogens is 2. The lowest BCUT2D eigenvalue weighted by Gasteiger charge is -2.19. The Morgan fingerprint density at radius 1 is 0.897 bits per heavy atom. The van der Waals surface area contributed by atoms with Crippen molar-refractivity contribution in [1.82, 2.24) is 9.97 Å². The molecule has 0 unspecified atom stereocenters. The van der Waals surface area contributed by atoms with E-state index in [0.717, 1.165) is 24.1 Å². The molecule has 0 aliphatic rings. The molecule has 2 aromatic carbocycles. The standard InChI is InChI=1S/C21H21F2N3O3/c1-26(9-8-14-4-6-18(27-2)19(10-14)28-3)20-12-21(25-13-24-20)29-17-7-5-15(22)11-16(17)23/h4-7,10-13H,8-9H2,1-3H3. The minimum absolute atomic E-state index is 0.107. The van der Waals surface area contributed by atoms with E-state index in [4.69, 9.17) is 14.2 Å². The SMILES string of the molecule is COc1ccc(CCN(C)c2cc(Oc3ccc(F)cc3F)ncn2)cc1OC. The van der Waals surface area contributed by atoms with Crippen LogP contribution in [0.3, 0.4) is 0 Å². The zero-order valence-electron chi connectivity index (χ0n) is 16.4. The number of benzene rings is 2. The maximum atomic E-state index is 13.8. The highest BCUT2D eigenvalue weighted by Gasteiger charge is 2.11. The molecule has 0 N–H and O–H groups in total. The maximum Gasteiger partial charge on any atom is 0.224 e. The number of hydrogen-bond donors (Lipinski definition) is 0. The van der Waals surface area contributed by atoms with Crippen LogP contribution in [0, 0.1) is 11.6 Å². The molecule has 3 rings (SSSR count). The van der Waals surface area contributed by atoms with Gasteiger partial charge in [0.2, 0.25) is 5.88 Å². The van der Waals surface area contributed by atoms with Gasteiger partial charge in [-0.2, -0.15) is 0 Å². The molecule has 1 aromatic heterocycles. The number of ether oxygens (including phenoxy) is 3. The fourth-order valence-corrected chi connectivity index (χ4v) is 2.71. The van der Waals surface area contributed by atoms with E-state index in [-0.39, 0.29) is 11.6 Å². The highest BCUT2D eigenvalue weighted by atomic mass is 19.1. The Labute approximate surface area is 167 Å². The highest BCUT2D eigenvalue weighted by molar-refractivity contribution is 5.44. The van der Waals surface area contributed by atoms with E-state index in [0.29, 0.717) is 23.9 Å². The second kappa shape index (κ2) is 9.18. The lowest BCUT2D eigenvalue weighted by atomic mass is 10.1. The Balaban J connectivity index is 1.67. The van der Waals surface area contributed by atoms with Gasteiger partial charge >= 0.3 is 0 Å². The predicted molar refractivity (Wildman–Crippen MR) is 105 cm³/mol. The quantitative estimate of drug-likeness (QED) is 0.563. The highest BCUT2D eigenvalue weighted by Crippen LogP contribution is 2.28. The first-order chi connectivity index (χ1) is 14.0. The van der Waals surface area contributed by atoms with Gasteiger partial charge in [0.15, 0.2) is 23.1 Å². The summed E-state index contributed by atoms with van der Waals surface area (Å²) in [6, 6.07) is 10.5. The van der Waals surface area contributed by atoms with Crippen LogP contribution >= 0.6 is 0 Å². The molecule has 0 fully saturated rings. The smallest absolute Gasteiger partial charge is 0.224 e. The number of likely N-dealkylation sites (N-methyl/N-ethyl adjacent to an activating group) is 1. The molecule has 0 saturated heterocycles. The minimum atomic E-state index is -0.799. The molecule has 6 nitrogen and oxygen atoms in total. The van der Waals surface area contributed by atoms with E-state index >= 15 is 0 Å². The molecule has 152 valence electrons. The van der Waals surface area contributed by atoms with Gasteiger partial charge in [-0.3, -0.25) is 0 Å². The molecule has 0 saturated carbocycles. The molecule has 0 spiro atoms. The third kappa shape index (κ3) is 5.10. The zero-order chi connectivity index (χ0) is 20.8. The zero-order valence-corrected chi connectivity index (χ0v) is 16.4. The number of halogens is 2. The summed E-state index contributed by atoms with van der Waals surface area (Å²) in [5, 5.41) is 0. The van der Waals surface area contributed by atoms with Crippen LogP contribution < -0.4 is 19.1 Å². The van der Waals surface area contributed by atoms with Gasteiger partial charge in [0.25, 0.3) is 0 Å². The molecule has 0 amide bonds. The largest absolute Gasteiger partial charge is 0.493 e. The van der Waals surface area contributed by atoms with Crippen molar-refractivity contribution in [3.05, 3.63) is 66.0 Å². The number of methoxy groups -OCH3 is 2. The van der Waals surface area contributed by atoms with E-state index in [1.807, 2.05) is 30.1 Å². The van der Waals surface area contributed by atoms with Gasteiger partial charge in [-0.05, 0) is 36.2 Å². The Kier molecular flexibility index (Phi) is 6.43. The number of nitrogens with zero attached hydrogens (tertiary/aromatic N) is 3. The molecular weight excluding hydrogens is 380 g/mol. The maximum absolute atomic E-state index is 13.8. The van der Waals surface area contributed by atoms with Crippen molar-refractivity contribution >= 4 is 5.82 Å². The van der Waals surface area contributed by atoms with Crippen LogP contribution in [0.15, 0.2) is 48.8 Å². The van der Waals surface area contributed by atoms with Crippen molar-refractivity contribution in [3.63, 3.8) is 0 Å². The summed E-state index contributed by atoms with van der Waals surface area (Å²) in [5.74, 6) is 0.544. The van der Waals surface area contributed by atoms with Gasteiger partial charge in [-0.25, -0.2) is 18.7 Å². The summed E-state index contributed by atoms with van der Waals surface area (Å²) in [6.45, 7) is 0.664. The topological polar surface area (TPSA) is 56.7 Å². The lowest BCUT2D eigenvalue weighted by Crippen LogP contribution is -2.21. The van der Waals surface area contributed by atoms with Crippen LogP contribution in [0.4, 0.5) is 14.6 Å². The van der Waals surface area contributed by atoms with Crippen LogP contribution in [0.1, 0.15) is 5.56 Å². The summed E-state index contributed by atoms with van der Waals surface area (Å²) >= 11 is 0. The van der Waals surface area contributed by atoms with Gasteiger partial charge in [0, 0.05) is 25.7 Å². The lowest BCUT2D eigenvalue weighted by molar-refractivity contribution is 0.354. The first-order valence-electron chi connectivity index (χ1n) is 8.87. The van der Waals surface area contributed by atoms with Gasteiger partial charge in [-0.1, -0.05) is 6.07 Å². The number of anilines is 1. The minimum Gasteiger partial charge on any atom is -0.493 e. The van der Waals surface area contributed by atoms with E-state index in [1.165, 1.54) is 12.4 Å². The van der Waals surface area contributed by atoms with Crippen LogP contribution in [0.5, 0.6) is 23.1 Å². The van der Waals surface area contributed by atoms with Crippen molar-refractivity contribution < 1.29 is 23.0 Å². The predicted octanol–water partition coefficient (Wildman–Crippen LogP) is 4.24. The van der Waals surface area contributed by atoms with Gasteiger partial charge < -0.3 is 19.1 Å². The van der Waals surface area contributed by atoms with Gasteiger partial charge in [0.1, 0.15) is 18.0 Å². The van der Waals surface area contributed by atoms with Crippen LogP contribution in [-0.4, -0.2) is 37.8 Å². The normalized spacial score (nSPS) is 10.5. The Morgan fingerprint density at radius 3 is 2.38 bits per heavy atom. The average Bonchev–Trinajstić information content (AvgIpc) is 2.74. The molecule has 0 aliphatic carbocycles. The third-order valence-electron chi connectivity index (χ3n) is 4.31.